The van der Waals surface area contributed by atoms with Gasteiger partial charge in [-0.1, -0.05) is 47.6 Å². The van der Waals surface area contributed by atoms with E-state index in [1.807, 2.05) is 0 Å². The van der Waals surface area contributed by atoms with Gasteiger partial charge in [-0.05, 0) is 19.4 Å². The normalized spacial score (nSPS) is 11.9. The van der Waals surface area contributed by atoms with Crippen LogP contribution in [0.1, 0.15) is 18.1 Å². The van der Waals surface area contributed by atoms with Crippen molar-refractivity contribution in [3.05, 3.63) is 35.4 Å². The smallest absolute Gasteiger partial charge is 0.0525 e. The summed E-state index contributed by atoms with van der Waals surface area (Å²) in [4.78, 5) is 0. The highest BCUT2D eigenvalue weighted by atomic mass is 28.2. The van der Waals surface area contributed by atoms with E-state index >= 15 is 0 Å². The molecule has 0 fully saturated rings. The minimum absolute atomic E-state index is 0.0306. The Hall–Kier alpha value is -0.823. The molecule has 0 atom stereocenters. The molecule has 1 aromatic rings. The molecule has 1 aromatic carbocycles. The highest BCUT2D eigenvalue weighted by Crippen LogP contribution is 2.02. The predicted octanol–water partition coefficient (Wildman–Crippen LogP) is 1.87. The van der Waals surface area contributed by atoms with Crippen LogP contribution in [0.4, 0.5) is 0 Å². The molecular formula is C11H16Si. The first-order chi connectivity index (χ1) is 5.77. The molecule has 64 valence electrons. The van der Waals surface area contributed by atoms with Gasteiger partial charge in [0.05, 0.1) is 9.52 Å². The molecule has 0 radical (unpaired) electrons. The first kappa shape index (κ1) is 9.27. The fraction of sp³-hybridized carbons (Fsp3) is 0.273. The summed E-state index contributed by atoms with van der Waals surface area (Å²) in [7, 11) is -0.0306. The van der Waals surface area contributed by atoms with Gasteiger partial charge in [-0.25, -0.2) is 0 Å². The minimum atomic E-state index is -0.0306. The van der Waals surface area contributed by atoms with Crippen molar-refractivity contribution >= 4 is 20.8 Å². The van der Waals surface area contributed by atoms with Crippen molar-refractivity contribution in [3.63, 3.8) is 0 Å². The minimum Gasteiger partial charge on any atom is -0.0871 e. The zero-order valence-corrected chi connectivity index (χ0v) is 9.51. The van der Waals surface area contributed by atoms with Crippen LogP contribution in [0.2, 0.25) is 6.55 Å². The predicted molar refractivity (Wildman–Crippen MR) is 59.9 cm³/mol. The summed E-state index contributed by atoms with van der Waals surface area (Å²) in [6.07, 6.45) is 4.31. The number of allylic oxidation sites excluding steroid dienone is 1. The third-order valence-corrected chi connectivity index (χ3v) is 3.40. The lowest BCUT2D eigenvalue weighted by Crippen LogP contribution is -2.14. The summed E-state index contributed by atoms with van der Waals surface area (Å²) < 4.78 is 0. The van der Waals surface area contributed by atoms with Gasteiger partial charge in [0.15, 0.2) is 0 Å². The Kier molecular flexibility index (Phi) is 3.29. The first-order valence-corrected chi connectivity index (χ1v) is 6.62. The second-order valence-corrected chi connectivity index (χ2v) is 4.52. The average Bonchev–Trinajstić information content (AvgIpc) is 2.08. The summed E-state index contributed by atoms with van der Waals surface area (Å²) in [5.41, 5.74) is 2.80. The Labute approximate surface area is 77.1 Å². The SMILES string of the molecule is C/C=C/c1ccc(C)cc1[SiH2]C. The van der Waals surface area contributed by atoms with E-state index in [4.69, 9.17) is 0 Å². The van der Waals surface area contributed by atoms with Gasteiger partial charge in [-0.2, -0.15) is 0 Å². The number of hydrogen-bond donors (Lipinski definition) is 0. The van der Waals surface area contributed by atoms with E-state index in [2.05, 4.69) is 50.7 Å². The van der Waals surface area contributed by atoms with Crippen LogP contribution in [-0.4, -0.2) is 9.52 Å². The summed E-state index contributed by atoms with van der Waals surface area (Å²) in [6.45, 7) is 6.57. The number of benzene rings is 1. The lowest BCUT2D eigenvalue weighted by molar-refractivity contribution is 1.48. The first-order valence-electron chi connectivity index (χ1n) is 4.50. The molecule has 0 aliphatic heterocycles. The van der Waals surface area contributed by atoms with Crippen LogP contribution in [0.5, 0.6) is 0 Å². The Morgan fingerprint density at radius 1 is 1.33 bits per heavy atom. The van der Waals surface area contributed by atoms with E-state index in [1.54, 1.807) is 5.19 Å². The van der Waals surface area contributed by atoms with E-state index in [0.29, 0.717) is 0 Å². The van der Waals surface area contributed by atoms with Crippen molar-refractivity contribution in [1.29, 1.82) is 0 Å². The van der Waals surface area contributed by atoms with E-state index in [-0.39, 0.29) is 9.52 Å². The molecular weight excluding hydrogens is 160 g/mol. The summed E-state index contributed by atoms with van der Waals surface area (Å²) in [5, 5.41) is 1.58. The molecule has 0 amide bonds. The summed E-state index contributed by atoms with van der Waals surface area (Å²) >= 11 is 0. The average molecular weight is 176 g/mol. The van der Waals surface area contributed by atoms with E-state index in [1.165, 1.54) is 11.1 Å². The van der Waals surface area contributed by atoms with Crippen molar-refractivity contribution in [3.8, 4) is 0 Å². The monoisotopic (exact) mass is 176 g/mol. The van der Waals surface area contributed by atoms with E-state index < -0.39 is 0 Å². The van der Waals surface area contributed by atoms with Crippen LogP contribution in [-0.2, 0) is 0 Å². The fourth-order valence-electron chi connectivity index (χ4n) is 1.38. The molecule has 0 saturated heterocycles. The number of aryl methyl sites for hydroxylation is 1. The van der Waals surface area contributed by atoms with Crippen LogP contribution in [0.3, 0.4) is 0 Å². The lowest BCUT2D eigenvalue weighted by Gasteiger charge is -2.03. The largest absolute Gasteiger partial charge is 0.0871 e. The van der Waals surface area contributed by atoms with Crippen molar-refractivity contribution in [2.24, 2.45) is 0 Å². The van der Waals surface area contributed by atoms with Crippen molar-refractivity contribution in [2.75, 3.05) is 0 Å². The van der Waals surface area contributed by atoms with Gasteiger partial charge in [-0.3, -0.25) is 0 Å². The van der Waals surface area contributed by atoms with Crippen LogP contribution in [0, 0.1) is 6.92 Å². The molecule has 1 rings (SSSR count). The maximum absolute atomic E-state index is 2.34. The van der Waals surface area contributed by atoms with E-state index in [9.17, 15) is 0 Å². The zero-order valence-electron chi connectivity index (χ0n) is 8.09. The van der Waals surface area contributed by atoms with Gasteiger partial charge < -0.3 is 0 Å². The molecule has 0 aliphatic rings. The van der Waals surface area contributed by atoms with Crippen LogP contribution in [0.15, 0.2) is 24.3 Å². The molecule has 0 heterocycles. The van der Waals surface area contributed by atoms with Gasteiger partial charge >= 0.3 is 0 Å². The molecule has 0 bridgehead atoms. The van der Waals surface area contributed by atoms with Crippen molar-refractivity contribution in [2.45, 2.75) is 20.4 Å². The zero-order chi connectivity index (χ0) is 8.97. The maximum atomic E-state index is 2.34. The summed E-state index contributed by atoms with van der Waals surface area (Å²) in [5.74, 6) is 0. The Morgan fingerprint density at radius 3 is 2.67 bits per heavy atom. The number of rotatable bonds is 2. The van der Waals surface area contributed by atoms with Gasteiger partial charge in [-0.15, -0.1) is 0 Å². The van der Waals surface area contributed by atoms with Crippen molar-refractivity contribution < 1.29 is 0 Å². The molecule has 0 aromatic heterocycles. The topological polar surface area (TPSA) is 0 Å². The Bertz CT molecular complexity index is 287. The van der Waals surface area contributed by atoms with Gasteiger partial charge in [0.25, 0.3) is 0 Å². The van der Waals surface area contributed by atoms with Crippen LogP contribution >= 0.6 is 0 Å². The lowest BCUT2D eigenvalue weighted by atomic mass is 10.1. The van der Waals surface area contributed by atoms with Crippen LogP contribution < -0.4 is 5.19 Å². The molecule has 0 unspecified atom stereocenters. The fourth-order valence-corrected chi connectivity index (χ4v) is 2.55. The molecule has 0 N–H and O–H groups in total. The number of hydrogen-bond acceptors (Lipinski definition) is 0. The highest BCUT2D eigenvalue weighted by Gasteiger charge is 1.96. The highest BCUT2D eigenvalue weighted by molar-refractivity contribution is 6.53. The molecule has 0 aliphatic carbocycles. The van der Waals surface area contributed by atoms with Crippen molar-refractivity contribution in [1.82, 2.24) is 0 Å². The quantitative estimate of drug-likeness (QED) is 0.604. The van der Waals surface area contributed by atoms with Gasteiger partial charge in [0.2, 0.25) is 0 Å². The Morgan fingerprint density at radius 2 is 2.08 bits per heavy atom. The second-order valence-electron chi connectivity index (χ2n) is 3.06. The molecule has 12 heavy (non-hydrogen) atoms. The molecule has 0 spiro atoms. The van der Waals surface area contributed by atoms with E-state index in [0.717, 1.165) is 0 Å². The van der Waals surface area contributed by atoms with Gasteiger partial charge in [0, 0.05) is 0 Å². The standard InChI is InChI=1S/C11H16Si/c1-4-5-10-7-6-9(2)8-11(10)12-3/h4-8H,12H2,1-3H3/b5-4+. The summed E-state index contributed by atoms with van der Waals surface area (Å²) in [6, 6.07) is 6.73. The molecule has 0 nitrogen and oxygen atoms in total. The van der Waals surface area contributed by atoms with Gasteiger partial charge in [0.1, 0.15) is 0 Å². The maximum Gasteiger partial charge on any atom is 0.0525 e. The third kappa shape index (κ3) is 2.08. The third-order valence-electron chi connectivity index (χ3n) is 2.03. The molecule has 0 saturated carbocycles. The second kappa shape index (κ2) is 4.26. The Balaban J connectivity index is 3.10. The van der Waals surface area contributed by atoms with Crippen LogP contribution in [0.25, 0.3) is 6.08 Å². The molecule has 1 heteroatoms.